The molecule has 0 radical (unpaired) electrons. The van der Waals surface area contributed by atoms with Gasteiger partial charge in [-0.3, -0.25) is 0 Å². The number of halogens is 3. The second-order valence-electron chi connectivity index (χ2n) is 4.55. The van der Waals surface area contributed by atoms with Crippen molar-refractivity contribution in [3.8, 4) is 0 Å². The second kappa shape index (κ2) is 6.64. The van der Waals surface area contributed by atoms with Crippen molar-refractivity contribution in [3.63, 3.8) is 0 Å². The molecule has 0 aliphatic heterocycles. The minimum Gasteiger partial charge on any atom is -0.366 e. The fourth-order valence-corrected chi connectivity index (χ4v) is 1.74. The molecule has 5 heteroatoms. The molecule has 0 atom stereocenters. The Balaban J connectivity index is 2.92. The number of benzene rings is 1. The van der Waals surface area contributed by atoms with Crippen molar-refractivity contribution in [1.29, 1.82) is 0 Å². The highest BCUT2D eigenvalue weighted by Gasteiger charge is 2.16. The molecule has 0 aliphatic carbocycles. The number of hydrogen-bond donors (Lipinski definition) is 1. The van der Waals surface area contributed by atoms with E-state index in [9.17, 15) is 13.2 Å². The van der Waals surface area contributed by atoms with Gasteiger partial charge in [0.15, 0.2) is 0 Å². The highest BCUT2D eigenvalue weighted by atomic mass is 19.3. The Bertz CT molecular complexity index is 380. The van der Waals surface area contributed by atoms with Gasteiger partial charge in [0.2, 0.25) is 0 Å². The third-order valence-corrected chi connectivity index (χ3v) is 2.56. The minimum atomic E-state index is -2.49. The van der Waals surface area contributed by atoms with Gasteiger partial charge < -0.3 is 10.2 Å². The Kier molecular flexibility index (Phi) is 5.47. The molecule has 0 aliphatic rings. The number of nitrogens with zero attached hydrogens (tertiary/aromatic N) is 1. The van der Waals surface area contributed by atoms with Crippen LogP contribution < -0.4 is 10.2 Å². The smallest absolute Gasteiger partial charge is 0.255 e. The highest BCUT2D eigenvalue weighted by molar-refractivity contribution is 5.54. The van der Waals surface area contributed by atoms with Crippen molar-refractivity contribution in [2.75, 3.05) is 18.5 Å². The summed E-state index contributed by atoms with van der Waals surface area (Å²) < 4.78 is 38.5. The van der Waals surface area contributed by atoms with Crippen LogP contribution in [-0.2, 0) is 6.54 Å². The fourth-order valence-electron chi connectivity index (χ4n) is 1.74. The molecule has 0 amide bonds. The third kappa shape index (κ3) is 4.22. The maximum Gasteiger partial charge on any atom is 0.255 e. The van der Waals surface area contributed by atoms with E-state index in [1.54, 1.807) is 12.1 Å². The molecule has 1 aromatic rings. The topological polar surface area (TPSA) is 15.3 Å². The van der Waals surface area contributed by atoms with Crippen LogP contribution in [0.4, 0.5) is 18.9 Å². The summed E-state index contributed by atoms with van der Waals surface area (Å²) in [6, 6.07) is 4.87. The van der Waals surface area contributed by atoms with Crippen LogP contribution in [0.3, 0.4) is 0 Å². The van der Waals surface area contributed by atoms with Crippen molar-refractivity contribution in [3.05, 3.63) is 29.6 Å². The van der Waals surface area contributed by atoms with Crippen LogP contribution in [0.25, 0.3) is 0 Å². The summed E-state index contributed by atoms with van der Waals surface area (Å²) in [6.07, 6.45) is -2.49. The molecule has 1 N–H and O–H groups in total. The van der Waals surface area contributed by atoms with Gasteiger partial charge in [0.05, 0.1) is 12.2 Å². The number of rotatable bonds is 6. The molecule has 0 saturated heterocycles. The standard InChI is InChI=1S/C13H19F3N2/c1-9(2)17-7-10-5-4-6-11(14)13(10)18(3)8-12(15)16/h4-6,9,12,17H,7-8H2,1-3H3. The predicted molar refractivity (Wildman–Crippen MR) is 67.6 cm³/mol. The first-order valence-corrected chi connectivity index (χ1v) is 5.92. The molecule has 0 spiro atoms. The van der Waals surface area contributed by atoms with E-state index in [1.165, 1.54) is 18.0 Å². The second-order valence-corrected chi connectivity index (χ2v) is 4.55. The van der Waals surface area contributed by atoms with Gasteiger partial charge >= 0.3 is 0 Å². The fraction of sp³-hybridized carbons (Fsp3) is 0.538. The zero-order chi connectivity index (χ0) is 13.7. The molecular formula is C13H19F3N2. The molecule has 18 heavy (non-hydrogen) atoms. The van der Waals surface area contributed by atoms with Gasteiger partial charge in [0.25, 0.3) is 6.43 Å². The maximum atomic E-state index is 13.8. The van der Waals surface area contributed by atoms with Crippen molar-refractivity contribution in [1.82, 2.24) is 5.32 Å². The third-order valence-electron chi connectivity index (χ3n) is 2.56. The molecule has 0 unspecified atom stereocenters. The Labute approximate surface area is 106 Å². The Hall–Kier alpha value is -1.23. The largest absolute Gasteiger partial charge is 0.366 e. The number of hydrogen-bond acceptors (Lipinski definition) is 2. The summed E-state index contributed by atoms with van der Waals surface area (Å²) in [7, 11) is 1.48. The van der Waals surface area contributed by atoms with Crippen molar-refractivity contribution in [2.24, 2.45) is 0 Å². The van der Waals surface area contributed by atoms with E-state index in [-0.39, 0.29) is 11.7 Å². The molecule has 102 valence electrons. The van der Waals surface area contributed by atoms with E-state index in [0.717, 1.165) is 0 Å². The van der Waals surface area contributed by atoms with Crippen LogP contribution in [0.5, 0.6) is 0 Å². The molecule has 1 aromatic carbocycles. The zero-order valence-electron chi connectivity index (χ0n) is 10.9. The SMILES string of the molecule is CC(C)NCc1cccc(F)c1N(C)CC(F)F. The van der Waals surface area contributed by atoms with E-state index >= 15 is 0 Å². The molecule has 0 bridgehead atoms. The quantitative estimate of drug-likeness (QED) is 0.845. The molecule has 0 aromatic heterocycles. The summed E-state index contributed by atoms with van der Waals surface area (Å²) >= 11 is 0. The number of nitrogens with one attached hydrogen (secondary N) is 1. The van der Waals surface area contributed by atoms with Crippen LogP contribution in [0.1, 0.15) is 19.4 Å². The lowest BCUT2D eigenvalue weighted by Crippen LogP contribution is -2.28. The van der Waals surface area contributed by atoms with Gasteiger partial charge in [-0.05, 0) is 11.6 Å². The van der Waals surface area contributed by atoms with Crippen molar-refractivity contribution >= 4 is 5.69 Å². The molecule has 0 fully saturated rings. The van der Waals surface area contributed by atoms with E-state index in [1.807, 2.05) is 13.8 Å². The van der Waals surface area contributed by atoms with Gasteiger partial charge in [-0.2, -0.15) is 0 Å². The van der Waals surface area contributed by atoms with Gasteiger partial charge in [-0.1, -0.05) is 26.0 Å². The Morgan fingerprint density at radius 1 is 1.28 bits per heavy atom. The van der Waals surface area contributed by atoms with E-state index < -0.39 is 18.8 Å². The van der Waals surface area contributed by atoms with Crippen LogP contribution in [0.2, 0.25) is 0 Å². The Morgan fingerprint density at radius 3 is 2.50 bits per heavy atom. The summed E-state index contributed by atoms with van der Waals surface area (Å²) in [5.41, 5.74) is 0.929. The first-order valence-electron chi connectivity index (χ1n) is 5.92. The molecule has 2 nitrogen and oxygen atoms in total. The van der Waals surface area contributed by atoms with Crippen molar-refractivity contribution in [2.45, 2.75) is 32.9 Å². The summed E-state index contributed by atoms with van der Waals surface area (Å²) in [6.45, 7) is 3.93. The summed E-state index contributed by atoms with van der Waals surface area (Å²) in [4.78, 5) is 1.26. The van der Waals surface area contributed by atoms with Crippen LogP contribution in [-0.4, -0.2) is 26.1 Å². The molecule has 1 rings (SSSR count). The monoisotopic (exact) mass is 260 g/mol. The number of alkyl halides is 2. The van der Waals surface area contributed by atoms with Crippen LogP contribution in [0, 0.1) is 5.82 Å². The van der Waals surface area contributed by atoms with Crippen LogP contribution in [0.15, 0.2) is 18.2 Å². The van der Waals surface area contributed by atoms with Gasteiger partial charge in [-0.15, -0.1) is 0 Å². The summed E-state index contributed by atoms with van der Waals surface area (Å²) in [5.74, 6) is -0.471. The molecule has 0 saturated carbocycles. The lowest BCUT2D eigenvalue weighted by molar-refractivity contribution is 0.156. The predicted octanol–water partition coefficient (Wildman–Crippen LogP) is 3.03. The van der Waals surface area contributed by atoms with Gasteiger partial charge in [0.1, 0.15) is 5.82 Å². The van der Waals surface area contributed by atoms with Gasteiger partial charge in [0, 0.05) is 19.6 Å². The first kappa shape index (κ1) is 14.8. The summed E-state index contributed by atoms with van der Waals surface area (Å²) in [5, 5.41) is 3.16. The molecule has 0 heterocycles. The van der Waals surface area contributed by atoms with Crippen LogP contribution >= 0.6 is 0 Å². The highest BCUT2D eigenvalue weighted by Crippen LogP contribution is 2.24. The Morgan fingerprint density at radius 2 is 1.94 bits per heavy atom. The minimum absolute atomic E-state index is 0.242. The average Bonchev–Trinajstić information content (AvgIpc) is 2.24. The normalized spacial score (nSPS) is 11.3. The van der Waals surface area contributed by atoms with E-state index in [2.05, 4.69) is 5.32 Å². The van der Waals surface area contributed by atoms with Crippen molar-refractivity contribution < 1.29 is 13.2 Å². The average molecular weight is 260 g/mol. The lowest BCUT2D eigenvalue weighted by atomic mass is 10.1. The molecular weight excluding hydrogens is 241 g/mol. The van der Waals surface area contributed by atoms with E-state index in [0.29, 0.717) is 12.1 Å². The van der Waals surface area contributed by atoms with E-state index in [4.69, 9.17) is 0 Å². The zero-order valence-corrected chi connectivity index (χ0v) is 10.9. The number of para-hydroxylation sites is 1. The number of anilines is 1. The van der Waals surface area contributed by atoms with Gasteiger partial charge in [-0.25, -0.2) is 13.2 Å². The lowest BCUT2D eigenvalue weighted by Gasteiger charge is -2.23. The maximum absolute atomic E-state index is 13.8. The first-order chi connectivity index (χ1) is 8.41.